The zero-order valence-corrected chi connectivity index (χ0v) is 22.8. The largest absolute Gasteiger partial charge is 0.373 e. The molecule has 0 heterocycles. The van der Waals surface area contributed by atoms with Crippen molar-refractivity contribution < 1.29 is 0 Å². The van der Waals surface area contributed by atoms with Crippen LogP contribution < -0.4 is 15.9 Å². The van der Waals surface area contributed by atoms with Crippen LogP contribution in [0.2, 0.25) is 0 Å². The van der Waals surface area contributed by atoms with Crippen LogP contribution >= 0.6 is 7.92 Å². The molecular weight excluding hydrogens is 417 g/mol. The molecule has 0 saturated carbocycles. The van der Waals surface area contributed by atoms with Gasteiger partial charge in [0.25, 0.3) is 0 Å². The van der Waals surface area contributed by atoms with E-state index < -0.39 is 7.92 Å². The van der Waals surface area contributed by atoms with Crippen molar-refractivity contribution in [2.24, 2.45) is 0 Å². The molecule has 174 valence electrons. The molecule has 0 aromatic heterocycles. The highest BCUT2D eigenvalue weighted by molar-refractivity contribution is 7.80. The first kappa shape index (κ1) is 25.3. The second-order valence-electron chi connectivity index (χ2n) is 9.89. The van der Waals surface area contributed by atoms with Crippen molar-refractivity contribution in [3.05, 3.63) is 94.2 Å². The lowest BCUT2D eigenvalue weighted by atomic mass is 10.1. The van der Waals surface area contributed by atoms with Gasteiger partial charge in [0.15, 0.2) is 0 Å². The number of nitrogens with zero attached hydrogens (tertiary/aromatic N) is 1. The molecule has 3 aromatic rings. The predicted molar refractivity (Wildman–Crippen MR) is 150 cm³/mol. The minimum Gasteiger partial charge on any atom is -0.373 e. The van der Waals surface area contributed by atoms with E-state index in [1.165, 1.54) is 49.3 Å². The Morgan fingerprint density at radius 2 is 1.15 bits per heavy atom. The lowest BCUT2D eigenvalue weighted by Crippen LogP contribution is -2.32. The van der Waals surface area contributed by atoms with E-state index in [1.54, 1.807) is 0 Å². The molecule has 0 aliphatic heterocycles. The molecule has 0 spiro atoms. The van der Waals surface area contributed by atoms with Gasteiger partial charge in [-0.15, -0.1) is 0 Å². The van der Waals surface area contributed by atoms with Gasteiger partial charge in [0.05, 0.1) is 0 Å². The van der Waals surface area contributed by atoms with Crippen molar-refractivity contribution in [1.29, 1.82) is 0 Å². The number of rotatable bonds is 7. The molecule has 1 unspecified atom stereocenters. The third-order valence-electron chi connectivity index (χ3n) is 6.19. The van der Waals surface area contributed by atoms with Crippen LogP contribution in [0, 0.1) is 34.6 Å². The second kappa shape index (κ2) is 10.7. The van der Waals surface area contributed by atoms with Gasteiger partial charge in [-0.3, -0.25) is 0 Å². The molecule has 0 fully saturated rings. The van der Waals surface area contributed by atoms with Crippen LogP contribution in [0.5, 0.6) is 0 Å². The van der Waals surface area contributed by atoms with Crippen molar-refractivity contribution in [1.82, 2.24) is 4.90 Å². The van der Waals surface area contributed by atoms with Gasteiger partial charge in [-0.1, -0.05) is 65.7 Å². The third kappa shape index (κ3) is 5.77. The van der Waals surface area contributed by atoms with E-state index in [2.05, 4.69) is 134 Å². The first-order chi connectivity index (χ1) is 15.6. The zero-order valence-electron chi connectivity index (χ0n) is 21.9. The smallest absolute Gasteiger partial charge is 0.0230 e. The monoisotopic (exact) mass is 457 g/mol. The van der Waals surface area contributed by atoms with E-state index in [1.807, 2.05) is 0 Å². The number of hydrogen-bond acceptors (Lipinski definition) is 1. The van der Waals surface area contributed by atoms with Crippen LogP contribution in [-0.2, 0) is 0 Å². The van der Waals surface area contributed by atoms with Gasteiger partial charge in [0.1, 0.15) is 0 Å². The maximum atomic E-state index is 2.44. The molecule has 0 aliphatic carbocycles. The number of benzene rings is 3. The molecular formula is C31H40NP. The number of aryl methyl sites for hydroxylation is 5. The van der Waals surface area contributed by atoms with Crippen molar-refractivity contribution in [3.63, 3.8) is 0 Å². The zero-order chi connectivity index (χ0) is 24.3. The maximum Gasteiger partial charge on any atom is 0.0230 e. The quantitative estimate of drug-likeness (QED) is 0.343. The molecule has 33 heavy (non-hydrogen) atoms. The highest BCUT2D eigenvalue weighted by Crippen LogP contribution is 2.39. The third-order valence-corrected chi connectivity index (χ3v) is 9.22. The molecule has 1 nitrogen and oxygen atoms in total. The molecule has 0 N–H and O–H groups in total. The molecule has 0 radical (unpaired) electrons. The average Bonchev–Trinajstić information content (AvgIpc) is 2.71. The van der Waals surface area contributed by atoms with Crippen molar-refractivity contribution >= 4 is 29.9 Å². The van der Waals surface area contributed by atoms with E-state index >= 15 is 0 Å². The summed E-state index contributed by atoms with van der Waals surface area (Å²) < 4.78 is 0. The Morgan fingerprint density at radius 3 is 1.67 bits per heavy atom. The first-order valence-electron chi connectivity index (χ1n) is 12.1. The van der Waals surface area contributed by atoms with Crippen molar-refractivity contribution in [2.75, 3.05) is 0 Å². The molecule has 3 aromatic carbocycles. The summed E-state index contributed by atoms with van der Waals surface area (Å²) in [6.45, 7) is 20.3. The van der Waals surface area contributed by atoms with Gasteiger partial charge in [-0.25, -0.2) is 0 Å². The fourth-order valence-electron chi connectivity index (χ4n) is 5.00. The van der Waals surface area contributed by atoms with Crippen LogP contribution in [0.1, 0.15) is 61.1 Å². The summed E-state index contributed by atoms with van der Waals surface area (Å²) in [7, 11) is -0.685. The minimum absolute atomic E-state index is 0.466. The second-order valence-corrected chi connectivity index (χ2v) is 12.0. The Hall–Kier alpha value is -2.37. The minimum atomic E-state index is -0.685. The SMILES string of the molecule is Cc1cc(C)c(P(c2ccccc2)c2c(C)cc(C)cc2/C=C/N(C(C)C)C(C)C)c(C)c1. The Bertz CT molecular complexity index is 1090. The van der Waals surface area contributed by atoms with E-state index in [0.29, 0.717) is 12.1 Å². The molecule has 0 amide bonds. The topological polar surface area (TPSA) is 3.24 Å². The molecule has 0 bridgehead atoms. The summed E-state index contributed by atoms with van der Waals surface area (Å²) in [5.41, 5.74) is 8.16. The van der Waals surface area contributed by atoms with Crippen LogP contribution in [-0.4, -0.2) is 17.0 Å². The molecule has 2 heteroatoms. The van der Waals surface area contributed by atoms with E-state index in [-0.39, 0.29) is 0 Å². The summed E-state index contributed by atoms with van der Waals surface area (Å²) in [6.07, 6.45) is 4.66. The Balaban J connectivity index is 2.30. The number of hydrogen-bond donors (Lipinski definition) is 0. The normalized spacial score (nSPS) is 12.7. The summed E-state index contributed by atoms with van der Waals surface area (Å²) in [6, 6.07) is 21.5. The fraction of sp³-hybridized carbons (Fsp3) is 0.355. The Morgan fingerprint density at radius 1 is 0.667 bits per heavy atom. The van der Waals surface area contributed by atoms with Gasteiger partial charge in [-0.2, -0.15) is 0 Å². The fourth-order valence-corrected chi connectivity index (χ4v) is 7.86. The van der Waals surface area contributed by atoms with Gasteiger partial charge >= 0.3 is 0 Å². The summed E-state index contributed by atoms with van der Waals surface area (Å²) in [5.74, 6) is 0. The average molecular weight is 458 g/mol. The standard InChI is InChI=1S/C31H40NP/c1-21(2)32(22(3)4)16-15-28-20-24(6)19-27(9)31(28)33(29-13-11-10-12-14-29)30-25(7)17-23(5)18-26(30)8/h10-22H,1-9H3/b16-15+. The van der Waals surface area contributed by atoms with Crippen LogP contribution in [0.4, 0.5) is 0 Å². The van der Waals surface area contributed by atoms with E-state index in [4.69, 9.17) is 0 Å². The van der Waals surface area contributed by atoms with E-state index in [0.717, 1.165) is 0 Å². The Kier molecular flexibility index (Phi) is 8.19. The van der Waals surface area contributed by atoms with Crippen molar-refractivity contribution in [2.45, 2.75) is 74.4 Å². The summed E-state index contributed by atoms with van der Waals surface area (Å²) in [4.78, 5) is 2.44. The highest BCUT2D eigenvalue weighted by Gasteiger charge is 2.24. The van der Waals surface area contributed by atoms with Gasteiger partial charge in [0.2, 0.25) is 0 Å². The van der Waals surface area contributed by atoms with Crippen molar-refractivity contribution in [3.8, 4) is 0 Å². The Labute approximate surface area is 203 Å². The highest BCUT2D eigenvalue weighted by atomic mass is 31.1. The molecule has 0 aliphatic rings. The molecule has 3 rings (SSSR count). The maximum absolute atomic E-state index is 2.44. The predicted octanol–water partition coefficient (Wildman–Crippen LogP) is 7.08. The van der Waals surface area contributed by atoms with Crippen LogP contribution in [0.3, 0.4) is 0 Å². The van der Waals surface area contributed by atoms with Gasteiger partial charge in [0, 0.05) is 18.3 Å². The van der Waals surface area contributed by atoms with E-state index in [9.17, 15) is 0 Å². The molecule has 1 atom stereocenters. The van der Waals surface area contributed by atoms with Crippen LogP contribution in [0.25, 0.3) is 6.08 Å². The van der Waals surface area contributed by atoms with Gasteiger partial charge < -0.3 is 4.90 Å². The van der Waals surface area contributed by atoms with Gasteiger partial charge in [-0.05, 0) is 114 Å². The lowest BCUT2D eigenvalue weighted by molar-refractivity contribution is 0.258. The first-order valence-corrected chi connectivity index (χ1v) is 13.4. The summed E-state index contributed by atoms with van der Waals surface area (Å²) in [5, 5.41) is 4.38. The summed E-state index contributed by atoms with van der Waals surface area (Å²) >= 11 is 0. The lowest BCUT2D eigenvalue weighted by Gasteiger charge is -2.30. The van der Waals surface area contributed by atoms with Crippen LogP contribution in [0.15, 0.2) is 60.8 Å². The molecule has 0 saturated heterocycles.